The molecule has 0 saturated carbocycles. The van der Waals surface area contributed by atoms with Crippen LogP contribution in [-0.4, -0.2) is 76.2 Å². The zero-order valence-corrected chi connectivity index (χ0v) is 22.1. The molecule has 0 bridgehead atoms. The molecule has 3 atom stereocenters. The van der Waals surface area contributed by atoms with E-state index in [9.17, 15) is 0 Å². The molecule has 10 heteroatoms. The van der Waals surface area contributed by atoms with Crippen molar-refractivity contribution >= 4 is 29.0 Å². The SMILES string of the molecule is CC(C)N1CCN(c2ccc(OCC3OCC(Cn4cncn4)C3c3ccc(Cl)cc3Cl)cn2)CC1. The third-order valence-corrected chi connectivity index (χ3v) is 7.71. The molecule has 0 radical (unpaired) electrons. The standard InChI is InChI=1S/C26H32Cl2N6O2/c1-18(2)32-7-9-33(10-8-32)25-6-4-21(12-30-25)35-15-24-26(22-5-3-20(27)11-23(22)28)19(14-36-24)13-34-17-29-16-31-34/h3-6,11-12,16-19,24,26H,7-10,13-15H2,1-2H3. The van der Waals surface area contributed by atoms with Crippen molar-refractivity contribution < 1.29 is 9.47 Å². The maximum absolute atomic E-state index is 6.62. The van der Waals surface area contributed by atoms with E-state index in [-0.39, 0.29) is 17.9 Å². The Morgan fingerprint density at radius 1 is 1.11 bits per heavy atom. The number of hydrogen-bond donors (Lipinski definition) is 0. The van der Waals surface area contributed by atoms with E-state index < -0.39 is 0 Å². The lowest BCUT2D eigenvalue weighted by Gasteiger charge is -2.37. The molecule has 2 fully saturated rings. The van der Waals surface area contributed by atoms with Gasteiger partial charge in [-0.05, 0) is 43.7 Å². The summed E-state index contributed by atoms with van der Waals surface area (Å²) in [7, 11) is 0. The molecule has 2 aliphatic rings. The number of pyridine rings is 1. The van der Waals surface area contributed by atoms with Crippen molar-refractivity contribution in [2.24, 2.45) is 5.92 Å². The average molecular weight is 531 g/mol. The number of halogens is 2. The van der Waals surface area contributed by atoms with Crippen molar-refractivity contribution in [2.45, 2.75) is 38.5 Å². The Bertz CT molecular complexity index is 1120. The normalized spacial score (nSPS) is 22.9. The summed E-state index contributed by atoms with van der Waals surface area (Å²) in [5.41, 5.74) is 1.01. The number of rotatable bonds is 8. The predicted molar refractivity (Wildman–Crippen MR) is 141 cm³/mol. The summed E-state index contributed by atoms with van der Waals surface area (Å²) >= 11 is 12.8. The maximum Gasteiger partial charge on any atom is 0.137 e. The second kappa shape index (κ2) is 11.3. The van der Waals surface area contributed by atoms with Crippen LogP contribution in [0.25, 0.3) is 0 Å². The van der Waals surface area contributed by atoms with E-state index in [1.54, 1.807) is 24.9 Å². The Hall–Kier alpha value is -2.39. The van der Waals surface area contributed by atoms with Gasteiger partial charge < -0.3 is 14.4 Å². The number of anilines is 1. The van der Waals surface area contributed by atoms with Crippen molar-refractivity contribution in [3.63, 3.8) is 0 Å². The summed E-state index contributed by atoms with van der Waals surface area (Å²) in [5.74, 6) is 1.91. The number of benzene rings is 1. The van der Waals surface area contributed by atoms with E-state index in [0.717, 1.165) is 43.3 Å². The summed E-state index contributed by atoms with van der Waals surface area (Å²) < 4.78 is 14.2. The van der Waals surface area contributed by atoms with Gasteiger partial charge in [0.15, 0.2) is 0 Å². The summed E-state index contributed by atoms with van der Waals surface area (Å²) in [5, 5.41) is 5.52. The first-order chi connectivity index (χ1) is 17.5. The highest BCUT2D eigenvalue weighted by atomic mass is 35.5. The fraction of sp³-hybridized carbons (Fsp3) is 0.500. The molecule has 4 heterocycles. The lowest BCUT2D eigenvalue weighted by Crippen LogP contribution is -2.49. The first-order valence-electron chi connectivity index (χ1n) is 12.4. The maximum atomic E-state index is 6.62. The molecular weight excluding hydrogens is 499 g/mol. The summed E-state index contributed by atoms with van der Waals surface area (Å²) in [6.07, 6.45) is 4.90. The van der Waals surface area contributed by atoms with E-state index >= 15 is 0 Å². The first-order valence-corrected chi connectivity index (χ1v) is 13.2. The smallest absolute Gasteiger partial charge is 0.137 e. The molecule has 3 aromatic rings. The van der Waals surface area contributed by atoms with Gasteiger partial charge in [-0.1, -0.05) is 29.3 Å². The van der Waals surface area contributed by atoms with Crippen LogP contribution in [0.15, 0.2) is 49.2 Å². The Morgan fingerprint density at radius 3 is 2.61 bits per heavy atom. The van der Waals surface area contributed by atoms with Crippen LogP contribution in [0.5, 0.6) is 5.75 Å². The molecule has 0 amide bonds. The number of aromatic nitrogens is 4. The molecule has 0 spiro atoms. The van der Waals surface area contributed by atoms with E-state index in [2.05, 4.69) is 38.7 Å². The van der Waals surface area contributed by atoms with Gasteiger partial charge in [0.25, 0.3) is 0 Å². The molecule has 192 valence electrons. The Labute approximate surface area is 222 Å². The molecule has 3 unspecified atom stereocenters. The molecule has 1 aromatic carbocycles. The molecule has 0 aliphatic carbocycles. The lowest BCUT2D eigenvalue weighted by atomic mass is 9.84. The second-order valence-electron chi connectivity index (χ2n) is 9.72. The quantitative estimate of drug-likeness (QED) is 0.427. The van der Waals surface area contributed by atoms with Gasteiger partial charge in [0.2, 0.25) is 0 Å². The number of ether oxygens (including phenoxy) is 2. The minimum atomic E-state index is -0.166. The van der Waals surface area contributed by atoms with Crippen LogP contribution in [-0.2, 0) is 11.3 Å². The minimum absolute atomic E-state index is 0.0310. The minimum Gasteiger partial charge on any atom is -0.489 e. The second-order valence-corrected chi connectivity index (χ2v) is 10.6. The molecule has 0 N–H and O–H groups in total. The molecular formula is C26H32Cl2N6O2. The number of nitrogens with zero attached hydrogens (tertiary/aromatic N) is 6. The van der Waals surface area contributed by atoms with Crippen molar-refractivity contribution in [1.82, 2.24) is 24.6 Å². The van der Waals surface area contributed by atoms with Crippen LogP contribution in [0.3, 0.4) is 0 Å². The van der Waals surface area contributed by atoms with Crippen LogP contribution in [0.2, 0.25) is 10.0 Å². The lowest BCUT2D eigenvalue weighted by molar-refractivity contribution is 0.0593. The zero-order valence-electron chi connectivity index (χ0n) is 20.6. The molecule has 8 nitrogen and oxygen atoms in total. The molecule has 2 aliphatic heterocycles. The summed E-state index contributed by atoms with van der Waals surface area (Å²) in [6, 6.07) is 10.2. The first kappa shape index (κ1) is 25.3. The summed E-state index contributed by atoms with van der Waals surface area (Å²) in [6.45, 7) is 10.2. The summed E-state index contributed by atoms with van der Waals surface area (Å²) in [4.78, 5) is 13.6. The van der Waals surface area contributed by atoms with E-state index in [1.807, 2.05) is 28.9 Å². The zero-order chi connectivity index (χ0) is 25.1. The van der Waals surface area contributed by atoms with Gasteiger partial charge >= 0.3 is 0 Å². The van der Waals surface area contributed by atoms with Gasteiger partial charge in [-0.2, -0.15) is 5.10 Å². The fourth-order valence-corrected chi connectivity index (χ4v) is 5.69. The highest BCUT2D eigenvalue weighted by molar-refractivity contribution is 6.35. The van der Waals surface area contributed by atoms with Crippen molar-refractivity contribution in [3.05, 3.63) is 64.8 Å². The van der Waals surface area contributed by atoms with Gasteiger partial charge in [0, 0.05) is 60.6 Å². The number of piperazine rings is 1. The topological polar surface area (TPSA) is 68.5 Å². The van der Waals surface area contributed by atoms with Crippen LogP contribution in [0.4, 0.5) is 5.82 Å². The third kappa shape index (κ3) is 5.78. The van der Waals surface area contributed by atoms with Gasteiger partial charge in [0.05, 0.1) is 18.9 Å². The van der Waals surface area contributed by atoms with Crippen LogP contribution in [0.1, 0.15) is 25.3 Å². The number of hydrogen-bond acceptors (Lipinski definition) is 7. The fourth-order valence-electron chi connectivity index (χ4n) is 5.16. The largest absolute Gasteiger partial charge is 0.489 e. The van der Waals surface area contributed by atoms with E-state index in [0.29, 0.717) is 35.8 Å². The van der Waals surface area contributed by atoms with Gasteiger partial charge in [0.1, 0.15) is 30.8 Å². The van der Waals surface area contributed by atoms with Gasteiger partial charge in [-0.3, -0.25) is 9.58 Å². The Morgan fingerprint density at radius 2 is 1.94 bits per heavy atom. The average Bonchev–Trinajstić information content (AvgIpc) is 3.54. The molecule has 5 rings (SSSR count). The van der Waals surface area contributed by atoms with Crippen molar-refractivity contribution in [1.29, 1.82) is 0 Å². The highest BCUT2D eigenvalue weighted by Crippen LogP contribution is 2.41. The molecule has 2 aromatic heterocycles. The van der Waals surface area contributed by atoms with Crippen LogP contribution in [0, 0.1) is 5.92 Å². The Balaban J connectivity index is 1.24. The van der Waals surface area contributed by atoms with Gasteiger partial charge in [-0.25, -0.2) is 9.97 Å². The molecule has 2 saturated heterocycles. The third-order valence-electron chi connectivity index (χ3n) is 7.15. The van der Waals surface area contributed by atoms with Crippen molar-refractivity contribution in [2.75, 3.05) is 44.3 Å². The van der Waals surface area contributed by atoms with E-state index in [4.69, 9.17) is 32.7 Å². The molecule has 36 heavy (non-hydrogen) atoms. The van der Waals surface area contributed by atoms with Crippen LogP contribution >= 0.6 is 23.2 Å². The van der Waals surface area contributed by atoms with Crippen LogP contribution < -0.4 is 9.64 Å². The van der Waals surface area contributed by atoms with Gasteiger partial charge in [-0.15, -0.1) is 0 Å². The van der Waals surface area contributed by atoms with Crippen molar-refractivity contribution in [3.8, 4) is 5.75 Å². The monoisotopic (exact) mass is 530 g/mol. The highest BCUT2D eigenvalue weighted by Gasteiger charge is 2.40. The predicted octanol–water partition coefficient (Wildman–Crippen LogP) is 4.39. The Kier molecular flexibility index (Phi) is 7.96. The van der Waals surface area contributed by atoms with E-state index in [1.165, 1.54) is 0 Å².